The lowest BCUT2D eigenvalue weighted by molar-refractivity contribution is -0.146. The van der Waals surface area contributed by atoms with E-state index in [2.05, 4.69) is 5.32 Å². The summed E-state index contributed by atoms with van der Waals surface area (Å²) in [6, 6.07) is 2.49. The van der Waals surface area contributed by atoms with Crippen molar-refractivity contribution < 1.29 is 23.0 Å². The molecule has 1 N–H and O–H groups in total. The Balaban J connectivity index is 2.49. The average Bonchev–Trinajstić information content (AvgIpc) is 2.41. The normalized spacial score (nSPS) is 12.0. The van der Waals surface area contributed by atoms with Gasteiger partial charge in [-0.25, -0.2) is 8.78 Å². The number of rotatable bonds is 9. The number of benzene rings is 1. The summed E-state index contributed by atoms with van der Waals surface area (Å²) in [5, 5.41) is 3.06. The molecule has 1 aromatic rings. The third-order valence-electron chi connectivity index (χ3n) is 2.72. The van der Waals surface area contributed by atoms with Gasteiger partial charge >= 0.3 is 5.97 Å². The molecule has 0 aliphatic heterocycles. The van der Waals surface area contributed by atoms with Gasteiger partial charge in [-0.05, 0) is 19.9 Å². The van der Waals surface area contributed by atoms with Crippen LogP contribution in [0.2, 0.25) is 0 Å². The van der Waals surface area contributed by atoms with Crippen molar-refractivity contribution >= 4 is 5.97 Å². The van der Waals surface area contributed by atoms with E-state index in [1.54, 1.807) is 6.92 Å². The van der Waals surface area contributed by atoms with Gasteiger partial charge in [0.2, 0.25) is 0 Å². The van der Waals surface area contributed by atoms with E-state index in [1.807, 2.05) is 6.92 Å². The van der Waals surface area contributed by atoms with Crippen LogP contribution in [0.5, 0.6) is 5.75 Å². The smallest absolute Gasteiger partial charge is 0.323 e. The van der Waals surface area contributed by atoms with Crippen LogP contribution in [0, 0.1) is 11.6 Å². The van der Waals surface area contributed by atoms with Crippen LogP contribution < -0.4 is 10.1 Å². The Kier molecular flexibility index (Phi) is 7.68. The fourth-order valence-electron chi connectivity index (χ4n) is 1.77. The first-order valence-corrected chi connectivity index (χ1v) is 7.05. The molecule has 1 aromatic carbocycles. The lowest BCUT2D eigenvalue weighted by atomic mass is 10.2. The monoisotopic (exact) mass is 301 g/mol. The van der Waals surface area contributed by atoms with Gasteiger partial charge in [0, 0.05) is 24.6 Å². The van der Waals surface area contributed by atoms with E-state index in [-0.39, 0.29) is 18.3 Å². The Morgan fingerprint density at radius 2 is 1.90 bits per heavy atom. The number of nitrogens with one attached hydrogen (secondary N) is 1. The molecule has 0 saturated heterocycles. The first kappa shape index (κ1) is 17.4. The molecule has 1 unspecified atom stereocenters. The Morgan fingerprint density at radius 1 is 1.24 bits per heavy atom. The molecule has 0 aliphatic rings. The van der Waals surface area contributed by atoms with Crippen molar-refractivity contribution in [3.05, 3.63) is 29.8 Å². The zero-order valence-corrected chi connectivity index (χ0v) is 12.3. The van der Waals surface area contributed by atoms with Crippen molar-refractivity contribution in [3.63, 3.8) is 0 Å². The molecule has 0 radical (unpaired) electrons. The van der Waals surface area contributed by atoms with Crippen molar-refractivity contribution in [2.45, 2.75) is 32.7 Å². The maximum absolute atomic E-state index is 13.0. The molecule has 4 nitrogen and oxygen atoms in total. The van der Waals surface area contributed by atoms with Crippen LogP contribution in [0.25, 0.3) is 0 Å². The second kappa shape index (κ2) is 9.28. The largest absolute Gasteiger partial charge is 0.493 e. The summed E-state index contributed by atoms with van der Waals surface area (Å²) in [5.74, 6) is -1.64. The number of ether oxygens (including phenoxy) is 2. The summed E-state index contributed by atoms with van der Waals surface area (Å²) >= 11 is 0. The molecule has 0 aliphatic carbocycles. The summed E-state index contributed by atoms with van der Waals surface area (Å²) in [6.07, 6.45) is 1.24. The van der Waals surface area contributed by atoms with Gasteiger partial charge in [-0.3, -0.25) is 4.79 Å². The number of carbonyl (C=O) groups is 1. The van der Waals surface area contributed by atoms with Gasteiger partial charge in [-0.2, -0.15) is 0 Å². The lowest BCUT2D eigenvalue weighted by Gasteiger charge is -2.17. The van der Waals surface area contributed by atoms with E-state index in [9.17, 15) is 13.6 Å². The first-order chi connectivity index (χ1) is 10.1. The standard InChI is InChI=1S/C15H21F2NO3/c1-3-6-18-14(15(19)20-4-2)5-7-21-13-9-11(16)8-12(17)10-13/h8-10,14,18H,3-7H2,1-2H3. The Morgan fingerprint density at radius 3 is 2.48 bits per heavy atom. The molecule has 1 atom stereocenters. The van der Waals surface area contributed by atoms with Gasteiger partial charge in [-0.1, -0.05) is 6.92 Å². The number of halogens is 2. The molecule has 118 valence electrons. The van der Waals surface area contributed by atoms with Crippen LogP contribution in [0.4, 0.5) is 8.78 Å². The summed E-state index contributed by atoms with van der Waals surface area (Å²) < 4.78 is 36.2. The van der Waals surface area contributed by atoms with Crippen LogP contribution in [0.3, 0.4) is 0 Å². The minimum atomic E-state index is -0.698. The van der Waals surface area contributed by atoms with Crippen LogP contribution in [0.1, 0.15) is 26.7 Å². The summed E-state index contributed by atoms with van der Waals surface area (Å²) in [4.78, 5) is 11.7. The molecular weight excluding hydrogens is 280 g/mol. The fourth-order valence-corrected chi connectivity index (χ4v) is 1.77. The zero-order chi connectivity index (χ0) is 15.7. The molecule has 0 fully saturated rings. The molecule has 0 amide bonds. The van der Waals surface area contributed by atoms with Gasteiger partial charge in [0.25, 0.3) is 0 Å². The first-order valence-electron chi connectivity index (χ1n) is 7.05. The topological polar surface area (TPSA) is 47.6 Å². The van der Waals surface area contributed by atoms with E-state index in [1.165, 1.54) is 0 Å². The van der Waals surface area contributed by atoms with Crippen molar-refractivity contribution in [1.29, 1.82) is 0 Å². The van der Waals surface area contributed by atoms with Crippen LogP contribution in [-0.2, 0) is 9.53 Å². The Labute approximate surface area is 123 Å². The third-order valence-corrected chi connectivity index (χ3v) is 2.72. The van der Waals surface area contributed by atoms with Crippen LogP contribution in [-0.4, -0.2) is 31.8 Å². The summed E-state index contributed by atoms with van der Waals surface area (Å²) in [5.41, 5.74) is 0. The maximum Gasteiger partial charge on any atom is 0.323 e. The van der Waals surface area contributed by atoms with Gasteiger partial charge in [0.15, 0.2) is 0 Å². The summed E-state index contributed by atoms with van der Waals surface area (Å²) in [7, 11) is 0. The van der Waals surface area contributed by atoms with Crippen molar-refractivity contribution in [2.24, 2.45) is 0 Å². The molecule has 0 bridgehead atoms. The third kappa shape index (κ3) is 6.53. The highest BCUT2D eigenvalue weighted by Crippen LogP contribution is 2.15. The SMILES string of the molecule is CCCNC(CCOc1cc(F)cc(F)c1)C(=O)OCC. The number of hydrogen-bond donors (Lipinski definition) is 1. The molecule has 0 aromatic heterocycles. The van der Waals surface area contributed by atoms with E-state index in [4.69, 9.17) is 9.47 Å². The predicted molar refractivity (Wildman–Crippen MR) is 75.2 cm³/mol. The Hall–Kier alpha value is -1.69. The average molecular weight is 301 g/mol. The second-order valence-electron chi connectivity index (χ2n) is 4.50. The minimum Gasteiger partial charge on any atom is -0.493 e. The van der Waals surface area contributed by atoms with Crippen LogP contribution >= 0.6 is 0 Å². The highest BCUT2D eigenvalue weighted by molar-refractivity contribution is 5.75. The van der Waals surface area contributed by atoms with Gasteiger partial charge in [0.05, 0.1) is 13.2 Å². The van der Waals surface area contributed by atoms with E-state index < -0.39 is 17.7 Å². The van der Waals surface area contributed by atoms with Crippen molar-refractivity contribution in [3.8, 4) is 5.75 Å². The molecule has 0 heterocycles. The molecule has 0 spiro atoms. The molecular formula is C15H21F2NO3. The van der Waals surface area contributed by atoms with E-state index in [0.717, 1.165) is 24.6 Å². The molecule has 1 rings (SSSR count). The zero-order valence-electron chi connectivity index (χ0n) is 12.3. The number of carbonyl (C=O) groups excluding carboxylic acids is 1. The fraction of sp³-hybridized carbons (Fsp3) is 0.533. The highest BCUT2D eigenvalue weighted by atomic mass is 19.1. The summed E-state index contributed by atoms with van der Waals surface area (Å²) in [6.45, 7) is 4.86. The quantitative estimate of drug-likeness (QED) is 0.712. The van der Waals surface area contributed by atoms with Crippen LogP contribution in [0.15, 0.2) is 18.2 Å². The van der Waals surface area contributed by atoms with Gasteiger partial charge in [0.1, 0.15) is 23.4 Å². The molecule has 6 heteroatoms. The van der Waals surface area contributed by atoms with Crippen molar-refractivity contribution in [1.82, 2.24) is 5.32 Å². The lowest BCUT2D eigenvalue weighted by Crippen LogP contribution is -2.39. The number of hydrogen-bond acceptors (Lipinski definition) is 4. The molecule has 21 heavy (non-hydrogen) atoms. The van der Waals surface area contributed by atoms with E-state index >= 15 is 0 Å². The van der Waals surface area contributed by atoms with E-state index in [0.29, 0.717) is 19.6 Å². The Bertz CT molecular complexity index is 434. The number of esters is 1. The molecule has 0 saturated carbocycles. The highest BCUT2D eigenvalue weighted by Gasteiger charge is 2.18. The minimum absolute atomic E-state index is 0.102. The predicted octanol–water partition coefficient (Wildman–Crippen LogP) is 2.67. The second-order valence-corrected chi connectivity index (χ2v) is 4.50. The van der Waals surface area contributed by atoms with Crippen molar-refractivity contribution in [2.75, 3.05) is 19.8 Å². The van der Waals surface area contributed by atoms with Gasteiger partial charge in [-0.15, -0.1) is 0 Å². The van der Waals surface area contributed by atoms with Gasteiger partial charge < -0.3 is 14.8 Å². The maximum atomic E-state index is 13.0.